The van der Waals surface area contributed by atoms with Gasteiger partial charge in [0.25, 0.3) is 0 Å². The van der Waals surface area contributed by atoms with Crippen molar-refractivity contribution >= 4 is 0 Å². The number of unbranched alkanes of at least 4 members (excludes halogenated alkanes) is 1. The van der Waals surface area contributed by atoms with Crippen LogP contribution in [0.4, 0.5) is 0 Å². The Bertz CT molecular complexity index is 274. The van der Waals surface area contributed by atoms with Gasteiger partial charge in [0.15, 0.2) is 0 Å². The fraction of sp³-hybridized carbons (Fsp3) is 0.538. The smallest absolute Gasteiger partial charge is 0.125 e. The first-order chi connectivity index (χ1) is 7.25. The number of ether oxygens (including phenoxy) is 2. The Morgan fingerprint density at radius 2 is 1.60 bits per heavy atom. The molecule has 0 unspecified atom stereocenters. The lowest BCUT2D eigenvalue weighted by Crippen LogP contribution is -2.02. The van der Waals surface area contributed by atoms with Gasteiger partial charge in [-0.2, -0.15) is 0 Å². The van der Waals surface area contributed by atoms with Crippen LogP contribution in [0.5, 0.6) is 5.75 Å². The van der Waals surface area contributed by atoms with Crippen molar-refractivity contribution in [1.29, 1.82) is 0 Å². The normalized spacial score (nSPS) is 10.3. The number of methoxy groups -OCH3 is 1. The average molecular weight is 208 g/mol. The van der Waals surface area contributed by atoms with Crippen molar-refractivity contribution in [3.8, 4) is 5.75 Å². The van der Waals surface area contributed by atoms with Gasteiger partial charge in [-0.1, -0.05) is 18.2 Å². The second kappa shape index (κ2) is 6.46. The molecule has 0 spiro atoms. The van der Waals surface area contributed by atoms with E-state index in [1.165, 1.54) is 11.1 Å². The third-order valence-corrected chi connectivity index (χ3v) is 2.40. The molecule has 0 saturated heterocycles. The van der Waals surface area contributed by atoms with E-state index >= 15 is 0 Å². The molecule has 1 aromatic carbocycles. The maximum atomic E-state index is 5.76. The van der Waals surface area contributed by atoms with Crippen LogP contribution in [0.3, 0.4) is 0 Å². The standard InChI is InChI=1S/C13H20O2/c1-11-7-6-8-12(2)13(11)15-10-5-4-9-14-3/h6-8H,4-5,9-10H2,1-3H3. The van der Waals surface area contributed by atoms with Crippen LogP contribution in [0, 0.1) is 13.8 Å². The Kier molecular flexibility index (Phi) is 5.19. The lowest BCUT2D eigenvalue weighted by Gasteiger charge is -2.11. The van der Waals surface area contributed by atoms with Crippen LogP contribution in [0.2, 0.25) is 0 Å². The minimum absolute atomic E-state index is 0.773. The predicted octanol–water partition coefficient (Wildman–Crippen LogP) is 3.11. The zero-order valence-corrected chi connectivity index (χ0v) is 9.88. The number of para-hydroxylation sites is 1. The minimum atomic E-state index is 0.773. The molecule has 0 aliphatic heterocycles. The first kappa shape index (κ1) is 12.1. The van der Waals surface area contributed by atoms with Gasteiger partial charge in [0.1, 0.15) is 5.75 Å². The van der Waals surface area contributed by atoms with E-state index in [0.29, 0.717) is 0 Å². The Balaban J connectivity index is 2.37. The Morgan fingerprint density at radius 3 is 2.20 bits per heavy atom. The van der Waals surface area contributed by atoms with Gasteiger partial charge in [-0.05, 0) is 37.8 Å². The van der Waals surface area contributed by atoms with E-state index in [1.54, 1.807) is 7.11 Å². The molecule has 0 heterocycles. The molecule has 0 atom stereocenters. The zero-order valence-electron chi connectivity index (χ0n) is 9.88. The molecule has 0 aliphatic rings. The third kappa shape index (κ3) is 3.92. The minimum Gasteiger partial charge on any atom is -0.493 e. The molecular weight excluding hydrogens is 188 g/mol. The molecule has 0 N–H and O–H groups in total. The van der Waals surface area contributed by atoms with Crippen LogP contribution in [-0.2, 0) is 4.74 Å². The molecule has 84 valence electrons. The van der Waals surface area contributed by atoms with Gasteiger partial charge in [-0.3, -0.25) is 0 Å². The van der Waals surface area contributed by atoms with Gasteiger partial charge in [-0.25, -0.2) is 0 Å². The summed E-state index contributed by atoms with van der Waals surface area (Å²) in [6, 6.07) is 6.22. The molecule has 0 aromatic heterocycles. The molecular formula is C13H20O2. The lowest BCUT2D eigenvalue weighted by molar-refractivity contribution is 0.184. The van der Waals surface area contributed by atoms with E-state index in [9.17, 15) is 0 Å². The zero-order chi connectivity index (χ0) is 11.1. The van der Waals surface area contributed by atoms with Gasteiger partial charge < -0.3 is 9.47 Å². The molecule has 0 amide bonds. The summed E-state index contributed by atoms with van der Waals surface area (Å²) in [5, 5.41) is 0. The third-order valence-electron chi connectivity index (χ3n) is 2.40. The molecule has 0 fully saturated rings. The van der Waals surface area contributed by atoms with E-state index in [4.69, 9.17) is 9.47 Å². The van der Waals surface area contributed by atoms with E-state index in [-0.39, 0.29) is 0 Å². The summed E-state index contributed by atoms with van der Waals surface area (Å²) < 4.78 is 10.7. The Hall–Kier alpha value is -1.02. The van der Waals surface area contributed by atoms with Gasteiger partial charge in [0.2, 0.25) is 0 Å². The van der Waals surface area contributed by atoms with Gasteiger partial charge in [0, 0.05) is 13.7 Å². The number of rotatable bonds is 6. The van der Waals surface area contributed by atoms with Crippen molar-refractivity contribution in [3.05, 3.63) is 29.3 Å². The SMILES string of the molecule is COCCCCOc1c(C)cccc1C. The molecule has 2 nitrogen and oxygen atoms in total. The number of hydrogen-bond donors (Lipinski definition) is 0. The highest BCUT2D eigenvalue weighted by Gasteiger charge is 2.02. The molecule has 0 aliphatic carbocycles. The first-order valence-electron chi connectivity index (χ1n) is 5.43. The highest BCUT2D eigenvalue weighted by Crippen LogP contribution is 2.22. The van der Waals surface area contributed by atoms with Crippen molar-refractivity contribution in [1.82, 2.24) is 0 Å². The average Bonchev–Trinajstić information content (AvgIpc) is 2.21. The van der Waals surface area contributed by atoms with Crippen LogP contribution in [0.25, 0.3) is 0 Å². The summed E-state index contributed by atoms with van der Waals surface area (Å²) in [5.74, 6) is 1.04. The van der Waals surface area contributed by atoms with Crippen LogP contribution < -0.4 is 4.74 Å². The summed E-state index contributed by atoms with van der Waals surface area (Å²) in [4.78, 5) is 0. The fourth-order valence-corrected chi connectivity index (χ4v) is 1.55. The van der Waals surface area contributed by atoms with E-state index < -0.39 is 0 Å². The number of hydrogen-bond acceptors (Lipinski definition) is 2. The molecule has 15 heavy (non-hydrogen) atoms. The molecule has 2 heteroatoms. The predicted molar refractivity (Wildman–Crippen MR) is 62.5 cm³/mol. The summed E-state index contributed by atoms with van der Waals surface area (Å²) in [7, 11) is 1.73. The van der Waals surface area contributed by atoms with Crippen LogP contribution in [0.1, 0.15) is 24.0 Å². The largest absolute Gasteiger partial charge is 0.493 e. The van der Waals surface area contributed by atoms with Crippen molar-refractivity contribution in [2.75, 3.05) is 20.3 Å². The van der Waals surface area contributed by atoms with E-state index in [2.05, 4.69) is 32.0 Å². The summed E-state index contributed by atoms with van der Waals surface area (Å²) in [6.07, 6.45) is 2.10. The lowest BCUT2D eigenvalue weighted by atomic mass is 10.1. The van der Waals surface area contributed by atoms with Gasteiger partial charge in [0.05, 0.1) is 6.61 Å². The summed E-state index contributed by atoms with van der Waals surface area (Å²) in [6.45, 7) is 5.75. The second-order valence-corrected chi connectivity index (χ2v) is 3.77. The first-order valence-corrected chi connectivity index (χ1v) is 5.43. The number of benzene rings is 1. The Labute approximate surface area is 92.2 Å². The van der Waals surface area contributed by atoms with E-state index in [0.717, 1.165) is 31.8 Å². The van der Waals surface area contributed by atoms with Crippen LogP contribution in [-0.4, -0.2) is 20.3 Å². The maximum absolute atomic E-state index is 5.76. The fourth-order valence-electron chi connectivity index (χ4n) is 1.55. The number of aryl methyl sites for hydroxylation is 2. The van der Waals surface area contributed by atoms with E-state index in [1.807, 2.05) is 0 Å². The highest BCUT2D eigenvalue weighted by molar-refractivity contribution is 5.39. The van der Waals surface area contributed by atoms with Crippen molar-refractivity contribution in [2.24, 2.45) is 0 Å². The quantitative estimate of drug-likeness (QED) is 0.669. The molecule has 1 aromatic rings. The molecule has 0 saturated carbocycles. The van der Waals surface area contributed by atoms with Crippen molar-refractivity contribution in [2.45, 2.75) is 26.7 Å². The van der Waals surface area contributed by atoms with Crippen LogP contribution in [0.15, 0.2) is 18.2 Å². The topological polar surface area (TPSA) is 18.5 Å². The second-order valence-electron chi connectivity index (χ2n) is 3.77. The van der Waals surface area contributed by atoms with Gasteiger partial charge >= 0.3 is 0 Å². The molecule has 0 bridgehead atoms. The Morgan fingerprint density at radius 1 is 1.00 bits per heavy atom. The van der Waals surface area contributed by atoms with Crippen molar-refractivity contribution < 1.29 is 9.47 Å². The highest BCUT2D eigenvalue weighted by atomic mass is 16.5. The summed E-state index contributed by atoms with van der Waals surface area (Å²) >= 11 is 0. The van der Waals surface area contributed by atoms with Gasteiger partial charge in [-0.15, -0.1) is 0 Å². The molecule has 0 radical (unpaired) electrons. The van der Waals surface area contributed by atoms with Crippen molar-refractivity contribution in [3.63, 3.8) is 0 Å². The van der Waals surface area contributed by atoms with Crippen LogP contribution >= 0.6 is 0 Å². The summed E-state index contributed by atoms with van der Waals surface area (Å²) in [5.41, 5.74) is 2.42. The molecule has 1 rings (SSSR count). The maximum Gasteiger partial charge on any atom is 0.125 e. The monoisotopic (exact) mass is 208 g/mol.